The molecule has 0 fully saturated rings. The van der Waals surface area contributed by atoms with Crippen LogP contribution in [0.3, 0.4) is 0 Å². The Bertz CT molecular complexity index is 341. The second kappa shape index (κ2) is 3.13. The summed E-state index contributed by atoms with van der Waals surface area (Å²) in [4.78, 5) is 13.0. The average molecular weight is 167 g/mol. The van der Waals surface area contributed by atoms with Crippen molar-refractivity contribution in [3.8, 4) is 0 Å². The zero-order valence-corrected chi connectivity index (χ0v) is 6.17. The lowest BCUT2D eigenvalue weighted by Crippen LogP contribution is -1.99. The maximum atomic E-state index is 10.1. The van der Waals surface area contributed by atoms with E-state index in [0.29, 0.717) is 5.57 Å². The summed E-state index contributed by atoms with van der Waals surface area (Å²) in [5.74, 6) is 1.66. The Morgan fingerprint density at radius 1 is 1.55 bits per heavy atom. The van der Waals surface area contributed by atoms with Crippen LogP contribution < -0.4 is 0 Å². The van der Waals surface area contributed by atoms with Crippen molar-refractivity contribution < 1.29 is 9.58 Å². The first-order valence-electron chi connectivity index (χ1n) is 2.80. The van der Waals surface area contributed by atoms with Gasteiger partial charge < -0.3 is 5.53 Å². The molecule has 1 aliphatic rings. The van der Waals surface area contributed by atoms with Crippen LogP contribution in [0.5, 0.6) is 0 Å². The second-order valence-electron chi connectivity index (χ2n) is 1.87. The smallest absolute Gasteiger partial charge is 0.333 e. The van der Waals surface area contributed by atoms with E-state index >= 15 is 0 Å². The molecule has 0 aromatic heterocycles. The van der Waals surface area contributed by atoms with Crippen LogP contribution in [-0.4, -0.2) is 16.4 Å². The molecular weight excluding hydrogens is 164 g/mol. The van der Waals surface area contributed by atoms with Crippen molar-refractivity contribution in [2.45, 2.75) is 0 Å². The topological polar surface area (TPSA) is 53.5 Å². The molecular formula is C7H3ClN2O. The van der Waals surface area contributed by atoms with Crippen LogP contribution in [-0.2, 0) is 4.79 Å². The van der Waals surface area contributed by atoms with Gasteiger partial charge in [-0.1, -0.05) is 11.6 Å². The lowest BCUT2D eigenvalue weighted by Gasteiger charge is -1.93. The van der Waals surface area contributed by atoms with Crippen molar-refractivity contribution in [2.75, 3.05) is 0 Å². The predicted molar refractivity (Wildman–Crippen MR) is 40.9 cm³/mol. The third kappa shape index (κ3) is 1.54. The Labute approximate surface area is 67.9 Å². The van der Waals surface area contributed by atoms with E-state index in [2.05, 4.69) is 4.79 Å². The Hall–Kier alpha value is -1.40. The fourth-order valence-electron chi connectivity index (χ4n) is 0.651. The summed E-state index contributed by atoms with van der Waals surface area (Å²) in [7, 11) is 0. The quantitative estimate of drug-likeness (QED) is 0.302. The number of halogens is 1. The van der Waals surface area contributed by atoms with Crippen LogP contribution in [0.2, 0.25) is 0 Å². The van der Waals surface area contributed by atoms with Crippen molar-refractivity contribution in [2.24, 2.45) is 0 Å². The highest BCUT2D eigenvalue weighted by Crippen LogP contribution is 2.13. The average Bonchev–Trinajstić information content (AvgIpc) is 2.04. The van der Waals surface area contributed by atoms with Gasteiger partial charge in [-0.2, -0.15) is 4.79 Å². The molecule has 0 aromatic carbocycles. The van der Waals surface area contributed by atoms with E-state index < -0.39 is 0 Å². The number of hydrogen-bond donors (Lipinski definition) is 0. The number of rotatable bonds is 0. The minimum absolute atomic E-state index is 0.230. The van der Waals surface area contributed by atoms with E-state index in [1.807, 2.05) is 0 Å². The van der Waals surface area contributed by atoms with Gasteiger partial charge in [0.05, 0.1) is 5.57 Å². The van der Waals surface area contributed by atoms with E-state index in [0.717, 1.165) is 0 Å². The molecule has 11 heavy (non-hydrogen) atoms. The van der Waals surface area contributed by atoms with E-state index in [1.165, 1.54) is 18.2 Å². The largest absolute Gasteiger partial charge is 0.361 e. The molecule has 0 radical (unpaired) electrons. The van der Waals surface area contributed by atoms with Gasteiger partial charge >= 0.3 is 5.71 Å². The molecule has 0 aromatic rings. The van der Waals surface area contributed by atoms with Crippen molar-refractivity contribution in [3.05, 3.63) is 34.4 Å². The van der Waals surface area contributed by atoms with Gasteiger partial charge in [-0.3, -0.25) is 0 Å². The van der Waals surface area contributed by atoms with Gasteiger partial charge in [-0.15, -0.1) is 0 Å². The maximum Gasteiger partial charge on any atom is 0.333 e. The van der Waals surface area contributed by atoms with Gasteiger partial charge in [0.2, 0.25) is 0 Å². The summed E-state index contributed by atoms with van der Waals surface area (Å²) in [6, 6.07) is 0. The third-order valence-corrected chi connectivity index (χ3v) is 1.48. The molecule has 54 valence electrons. The third-order valence-electron chi connectivity index (χ3n) is 1.17. The van der Waals surface area contributed by atoms with E-state index in [1.54, 1.807) is 5.94 Å². The molecule has 0 amide bonds. The summed E-state index contributed by atoms with van der Waals surface area (Å²) in [6.45, 7) is 0. The summed E-state index contributed by atoms with van der Waals surface area (Å²) >= 11 is 5.58. The molecule has 4 heteroatoms. The molecule has 1 aliphatic carbocycles. The highest BCUT2D eigenvalue weighted by atomic mass is 35.5. The van der Waals surface area contributed by atoms with Gasteiger partial charge in [-0.05, 0) is 12.2 Å². The van der Waals surface area contributed by atoms with Crippen molar-refractivity contribution in [1.82, 2.24) is 0 Å². The number of nitrogens with zero attached hydrogens (tertiary/aromatic N) is 2. The highest BCUT2D eigenvalue weighted by Gasteiger charge is 2.13. The molecule has 0 saturated heterocycles. The van der Waals surface area contributed by atoms with Gasteiger partial charge in [0.25, 0.3) is 0 Å². The fourth-order valence-corrected chi connectivity index (χ4v) is 0.870. The van der Waals surface area contributed by atoms with Gasteiger partial charge in [0.15, 0.2) is 0 Å². The van der Waals surface area contributed by atoms with Crippen LogP contribution in [0.1, 0.15) is 0 Å². The molecule has 0 bridgehead atoms. The van der Waals surface area contributed by atoms with Crippen LogP contribution in [0.15, 0.2) is 28.8 Å². The minimum atomic E-state index is 0.230. The minimum Gasteiger partial charge on any atom is -0.361 e. The molecule has 0 N–H and O–H groups in total. The van der Waals surface area contributed by atoms with Crippen LogP contribution in [0, 0.1) is 0 Å². The van der Waals surface area contributed by atoms with Gasteiger partial charge in [0, 0.05) is 6.08 Å². The standard InChI is InChI=1S/C7H3ClN2O/c8-6-3-5(4-11)1-2-7(6)10-9/h1-3H. The summed E-state index contributed by atoms with van der Waals surface area (Å²) in [5.41, 5.74) is 8.90. The number of carbonyl (C=O) groups excluding carboxylic acids is 1. The molecule has 0 heterocycles. The molecule has 1 rings (SSSR count). The lowest BCUT2D eigenvalue weighted by molar-refractivity contribution is -0.00194. The van der Waals surface area contributed by atoms with Crippen molar-refractivity contribution in [1.29, 1.82) is 0 Å². The normalized spacial score (nSPS) is 15.5. The Morgan fingerprint density at radius 3 is 2.73 bits per heavy atom. The molecule has 0 unspecified atom stereocenters. The van der Waals surface area contributed by atoms with Crippen molar-refractivity contribution in [3.63, 3.8) is 0 Å². The summed E-state index contributed by atoms with van der Waals surface area (Å²) in [5, 5.41) is 0.230. The Kier molecular flexibility index (Phi) is 2.19. The molecule has 0 spiro atoms. The first-order valence-corrected chi connectivity index (χ1v) is 3.18. The Morgan fingerprint density at radius 2 is 2.27 bits per heavy atom. The van der Waals surface area contributed by atoms with E-state index in [9.17, 15) is 4.79 Å². The number of allylic oxidation sites excluding steroid dienone is 5. The summed E-state index contributed by atoms with van der Waals surface area (Å²) < 4.78 is 0. The zero-order valence-electron chi connectivity index (χ0n) is 5.41. The van der Waals surface area contributed by atoms with Crippen LogP contribution in [0.4, 0.5) is 0 Å². The lowest BCUT2D eigenvalue weighted by atomic mass is 10.1. The van der Waals surface area contributed by atoms with Gasteiger partial charge in [0.1, 0.15) is 11.0 Å². The molecule has 3 nitrogen and oxygen atoms in total. The van der Waals surface area contributed by atoms with E-state index in [-0.39, 0.29) is 10.7 Å². The number of hydrogen-bond acceptors (Lipinski definition) is 1. The first kappa shape index (κ1) is 7.70. The Balaban J connectivity index is 3.17. The van der Waals surface area contributed by atoms with Crippen LogP contribution in [0.25, 0.3) is 5.53 Å². The van der Waals surface area contributed by atoms with Crippen LogP contribution >= 0.6 is 11.6 Å². The summed E-state index contributed by atoms with van der Waals surface area (Å²) in [6.07, 6.45) is 4.28. The second-order valence-corrected chi connectivity index (χ2v) is 2.28. The maximum absolute atomic E-state index is 10.1. The van der Waals surface area contributed by atoms with Gasteiger partial charge in [-0.25, -0.2) is 4.79 Å². The van der Waals surface area contributed by atoms with Crippen molar-refractivity contribution >= 4 is 23.3 Å². The first-order chi connectivity index (χ1) is 5.27. The fraction of sp³-hybridized carbons (Fsp3) is 0. The monoisotopic (exact) mass is 166 g/mol. The molecule has 0 saturated carbocycles. The zero-order chi connectivity index (χ0) is 8.27. The predicted octanol–water partition coefficient (Wildman–Crippen LogP) is 1.11. The molecule has 0 atom stereocenters. The highest BCUT2D eigenvalue weighted by molar-refractivity contribution is 6.45. The van der Waals surface area contributed by atoms with E-state index in [4.69, 9.17) is 17.1 Å². The SMILES string of the molecule is [N-]=[N+]=C1C=CC(=C=O)C=C1Cl. The molecule has 0 aliphatic heterocycles.